The number of aliphatic imine (C=N–C) groups is 1. The second-order valence-electron chi connectivity index (χ2n) is 5.71. The molecule has 8 heteroatoms. The van der Waals surface area contributed by atoms with E-state index in [-0.39, 0.29) is 24.8 Å². The zero-order valence-electron chi connectivity index (χ0n) is 13.2. The molecule has 0 spiro atoms. The van der Waals surface area contributed by atoms with Crippen molar-refractivity contribution in [2.75, 3.05) is 13.2 Å². The number of carbonyl (C=O) groups is 2. The number of guanidine groups is 1. The first kappa shape index (κ1) is 16.1. The Morgan fingerprint density at radius 2 is 2.21 bits per heavy atom. The van der Waals surface area contributed by atoms with Crippen LogP contribution in [0.4, 0.5) is 9.59 Å². The third kappa shape index (κ3) is 4.61. The first-order chi connectivity index (χ1) is 11.7. The number of hydrogen-bond donors (Lipinski definition) is 3. The van der Waals surface area contributed by atoms with Crippen LogP contribution in [0.25, 0.3) is 0 Å². The smallest absolute Gasteiger partial charge is 0.414 e. The Morgan fingerprint density at radius 1 is 1.38 bits per heavy atom. The molecule has 0 saturated carbocycles. The molecule has 2 aliphatic heterocycles. The predicted octanol–water partition coefficient (Wildman–Crippen LogP) is 1.13. The number of cyclic esters (lactones) is 1. The Morgan fingerprint density at radius 3 is 2.96 bits per heavy atom. The van der Waals surface area contributed by atoms with Crippen molar-refractivity contribution in [3.8, 4) is 0 Å². The second kappa shape index (κ2) is 7.67. The average molecular weight is 332 g/mol. The molecule has 0 aliphatic carbocycles. The molecular formula is C16H20N4O4. The summed E-state index contributed by atoms with van der Waals surface area (Å²) in [6, 6.07) is 9.44. The normalized spacial score (nSPS) is 22.7. The van der Waals surface area contributed by atoms with Gasteiger partial charge in [0.2, 0.25) is 5.96 Å². The van der Waals surface area contributed by atoms with E-state index in [4.69, 9.17) is 9.47 Å². The number of rotatable bonds is 4. The highest BCUT2D eigenvalue weighted by Crippen LogP contribution is 2.13. The van der Waals surface area contributed by atoms with Crippen molar-refractivity contribution in [3.63, 3.8) is 0 Å². The molecule has 1 aromatic carbocycles. The summed E-state index contributed by atoms with van der Waals surface area (Å²) in [4.78, 5) is 27.3. The van der Waals surface area contributed by atoms with Crippen molar-refractivity contribution in [2.45, 2.75) is 31.5 Å². The van der Waals surface area contributed by atoms with Crippen molar-refractivity contribution >= 4 is 18.1 Å². The van der Waals surface area contributed by atoms with Crippen molar-refractivity contribution in [2.24, 2.45) is 4.99 Å². The minimum Gasteiger partial charge on any atom is -0.447 e. The first-order valence-corrected chi connectivity index (χ1v) is 7.92. The molecule has 128 valence electrons. The number of carbonyl (C=O) groups excluding carboxylic acids is 2. The van der Waals surface area contributed by atoms with E-state index in [0.717, 1.165) is 12.0 Å². The number of nitrogens with zero attached hydrogens (tertiary/aromatic N) is 1. The van der Waals surface area contributed by atoms with E-state index in [1.54, 1.807) is 0 Å². The van der Waals surface area contributed by atoms with Crippen LogP contribution in [0.1, 0.15) is 18.4 Å². The summed E-state index contributed by atoms with van der Waals surface area (Å²) in [6.45, 7) is 1.26. The number of ether oxygens (including phenoxy) is 2. The summed E-state index contributed by atoms with van der Waals surface area (Å²) in [7, 11) is 0. The van der Waals surface area contributed by atoms with Crippen LogP contribution in [-0.4, -0.2) is 43.4 Å². The van der Waals surface area contributed by atoms with Gasteiger partial charge in [-0.1, -0.05) is 30.3 Å². The number of nitrogens with one attached hydrogen (secondary N) is 3. The van der Waals surface area contributed by atoms with E-state index in [1.165, 1.54) is 0 Å². The lowest BCUT2D eigenvalue weighted by Gasteiger charge is -2.23. The van der Waals surface area contributed by atoms with Gasteiger partial charge in [0, 0.05) is 6.54 Å². The third-order valence-electron chi connectivity index (χ3n) is 3.81. The number of alkyl carbamates (subject to hydrolysis) is 2. The van der Waals surface area contributed by atoms with Gasteiger partial charge in [-0.05, 0) is 18.4 Å². The van der Waals surface area contributed by atoms with Crippen molar-refractivity contribution in [1.29, 1.82) is 0 Å². The van der Waals surface area contributed by atoms with Crippen molar-refractivity contribution in [1.82, 2.24) is 16.0 Å². The Bertz CT molecular complexity index is 620. The fourth-order valence-electron chi connectivity index (χ4n) is 2.63. The predicted molar refractivity (Wildman–Crippen MR) is 86.5 cm³/mol. The fourth-order valence-corrected chi connectivity index (χ4v) is 2.63. The molecule has 0 unspecified atom stereocenters. The van der Waals surface area contributed by atoms with E-state index in [1.807, 2.05) is 30.3 Å². The van der Waals surface area contributed by atoms with Gasteiger partial charge >= 0.3 is 12.2 Å². The maximum Gasteiger partial charge on any atom is 0.414 e. The summed E-state index contributed by atoms with van der Waals surface area (Å²) in [5, 5.41) is 8.38. The molecule has 2 atom stereocenters. The molecule has 1 saturated heterocycles. The lowest BCUT2D eigenvalue weighted by molar-refractivity contribution is 0.144. The zero-order valence-corrected chi connectivity index (χ0v) is 13.2. The molecule has 8 nitrogen and oxygen atoms in total. The van der Waals surface area contributed by atoms with Gasteiger partial charge in [0.05, 0.1) is 12.1 Å². The van der Waals surface area contributed by atoms with Gasteiger partial charge in [-0.3, -0.25) is 5.32 Å². The van der Waals surface area contributed by atoms with Crippen LogP contribution >= 0.6 is 0 Å². The number of benzene rings is 1. The molecule has 3 N–H and O–H groups in total. The summed E-state index contributed by atoms with van der Waals surface area (Å²) in [5.41, 5.74) is 0.918. The van der Waals surface area contributed by atoms with Gasteiger partial charge in [0.1, 0.15) is 13.2 Å². The Labute approximate surface area is 139 Å². The standard InChI is InChI=1S/C16H20N4O4/c21-15-19-13(10-24-15)8-12-6-7-17-14(18-12)20-16(22)23-9-11-4-2-1-3-5-11/h1-5,12-13H,6-10H2,(H,19,21)(H2,17,18,20,22)/t12-,13-/m0/s1. The molecule has 3 rings (SSSR count). The van der Waals surface area contributed by atoms with Gasteiger partial charge in [-0.2, -0.15) is 0 Å². The summed E-state index contributed by atoms with van der Waals surface area (Å²) in [6.07, 6.45) is 0.567. The van der Waals surface area contributed by atoms with Gasteiger partial charge in [-0.25, -0.2) is 14.6 Å². The highest BCUT2D eigenvalue weighted by Gasteiger charge is 2.27. The van der Waals surface area contributed by atoms with Crippen LogP contribution in [0.2, 0.25) is 0 Å². The maximum absolute atomic E-state index is 11.8. The zero-order chi connectivity index (χ0) is 16.8. The minimum atomic E-state index is -0.553. The summed E-state index contributed by atoms with van der Waals surface area (Å²) in [5.74, 6) is 0.398. The topological polar surface area (TPSA) is 101 Å². The average Bonchev–Trinajstić information content (AvgIpc) is 2.99. The van der Waals surface area contributed by atoms with Crippen LogP contribution in [0.3, 0.4) is 0 Å². The van der Waals surface area contributed by atoms with Crippen LogP contribution in [0.5, 0.6) is 0 Å². The third-order valence-corrected chi connectivity index (χ3v) is 3.81. The monoisotopic (exact) mass is 332 g/mol. The van der Waals surface area contributed by atoms with Gasteiger partial charge in [-0.15, -0.1) is 0 Å². The van der Waals surface area contributed by atoms with Crippen molar-refractivity contribution in [3.05, 3.63) is 35.9 Å². The highest BCUT2D eigenvalue weighted by atomic mass is 16.6. The molecule has 2 heterocycles. The molecule has 0 aromatic heterocycles. The van der Waals surface area contributed by atoms with E-state index in [0.29, 0.717) is 25.5 Å². The Hall–Kier alpha value is -2.77. The maximum atomic E-state index is 11.8. The molecular weight excluding hydrogens is 312 g/mol. The van der Waals surface area contributed by atoms with E-state index in [9.17, 15) is 9.59 Å². The number of hydrogen-bond acceptors (Lipinski definition) is 6. The van der Waals surface area contributed by atoms with E-state index >= 15 is 0 Å². The first-order valence-electron chi connectivity index (χ1n) is 7.92. The molecule has 1 aromatic rings. The van der Waals surface area contributed by atoms with Crippen LogP contribution in [0.15, 0.2) is 35.3 Å². The summed E-state index contributed by atoms with van der Waals surface area (Å²) >= 11 is 0. The SMILES string of the molecule is O=C(NC1=N[C@H](C[C@H]2COC(=O)N2)CCN1)OCc1ccccc1. The molecule has 24 heavy (non-hydrogen) atoms. The van der Waals surface area contributed by atoms with E-state index in [2.05, 4.69) is 20.9 Å². The Balaban J connectivity index is 1.46. The number of amides is 2. The van der Waals surface area contributed by atoms with Crippen molar-refractivity contribution < 1.29 is 19.1 Å². The van der Waals surface area contributed by atoms with Gasteiger partial charge in [0.25, 0.3) is 0 Å². The van der Waals surface area contributed by atoms with Crippen LogP contribution < -0.4 is 16.0 Å². The Kier molecular flexibility index (Phi) is 5.15. The molecule has 0 radical (unpaired) electrons. The molecule has 2 amide bonds. The summed E-state index contributed by atoms with van der Waals surface area (Å²) < 4.78 is 10.0. The van der Waals surface area contributed by atoms with Gasteiger partial charge in [0.15, 0.2) is 0 Å². The largest absolute Gasteiger partial charge is 0.447 e. The second-order valence-corrected chi connectivity index (χ2v) is 5.71. The molecule has 0 bridgehead atoms. The van der Waals surface area contributed by atoms with E-state index < -0.39 is 6.09 Å². The lowest BCUT2D eigenvalue weighted by Crippen LogP contribution is -2.46. The quantitative estimate of drug-likeness (QED) is 0.767. The minimum absolute atomic E-state index is 0.0164. The highest BCUT2D eigenvalue weighted by molar-refractivity contribution is 5.94. The fraction of sp³-hybridized carbons (Fsp3) is 0.438. The lowest BCUT2D eigenvalue weighted by atomic mass is 10.0. The molecule has 1 fully saturated rings. The van der Waals surface area contributed by atoms with Gasteiger partial charge < -0.3 is 20.1 Å². The van der Waals surface area contributed by atoms with Crippen LogP contribution in [-0.2, 0) is 16.1 Å². The van der Waals surface area contributed by atoms with Crippen LogP contribution in [0, 0.1) is 0 Å². The molecule has 2 aliphatic rings.